The Hall–Kier alpha value is -1.00. The van der Waals surface area contributed by atoms with E-state index in [0.717, 1.165) is 6.42 Å². The lowest BCUT2D eigenvalue weighted by molar-refractivity contribution is -0.144. The number of halogens is 3. The first-order valence-electron chi connectivity index (χ1n) is 3.65. The maximum absolute atomic E-state index is 11.9. The highest BCUT2D eigenvalue weighted by Crippen LogP contribution is 2.26. The van der Waals surface area contributed by atoms with E-state index >= 15 is 0 Å². The number of aromatic amines is 1. The van der Waals surface area contributed by atoms with Crippen LogP contribution >= 0.6 is 0 Å². The maximum atomic E-state index is 11.9. The fourth-order valence-electron chi connectivity index (χ4n) is 0.900. The molecule has 0 saturated carbocycles. The molecular weight excluding hydrogens is 169 g/mol. The molecule has 0 atom stereocenters. The molecule has 0 saturated heterocycles. The summed E-state index contributed by atoms with van der Waals surface area (Å²) in [5.74, 6) is -0.911. The quantitative estimate of drug-likeness (QED) is 0.739. The first kappa shape index (κ1) is 9.09. The van der Waals surface area contributed by atoms with Gasteiger partial charge in [-0.05, 0) is 6.42 Å². The molecule has 0 amide bonds. The third-order valence-electron chi connectivity index (χ3n) is 1.42. The zero-order valence-corrected chi connectivity index (χ0v) is 6.57. The van der Waals surface area contributed by atoms with Gasteiger partial charge in [-0.3, -0.25) is 0 Å². The van der Waals surface area contributed by atoms with E-state index in [0.29, 0.717) is 12.1 Å². The Balaban J connectivity index is 2.77. The molecule has 0 aliphatic carbocycles. The van der Waals surface area contributed by atoms with Crippen LogP contribution in [0.15, 0.2) is 6.20 Å². The van der Waals surface area contributed by atoms with Gasteiger partial charge in [-0.25, -0.2) is 4.98 Å². The third kappa shape index (κ3) is 1.99. The van der Waals surface area contributed by atoms with Crippen molar-refractivity contribution in [3.8, 4) is 0 Å². The monoisotopic (exact) mass is 178 g/mol. The molecular formula is C7H9F3N2. The fraction of sp³-hybridized carbons (Fsp3) is 0.571. The minimum absolute atomic E-state index is 0.532. The number of aromatic nitrogens is 2. The van der Waals surface area contributed by atoms with Crippen LogP contribution in [0.2, 0.25) is 0 Å². The molecule has 0 aromatic carbocycles. The predicted molar refractivity (Wildman–Crippen MR) is 37.6 cm³/mol. The summed E-state index contributed by atoms with van der Waals surface area (Å²) < 4.78 is 35.8. The van der Waals surface area contributed by atoms with Crippen molar-refractivity contribution in [2.24, 2.45) is 0 Å². The lowest BCUT2D eigenvalue weighted by atomic mass is 10.3. The Bertz CT molecular complexity index is 251. The summed E-state index contributed by atoms with van der Waals surface area (Å²) in [5.41, 5.74) is 0.532. The first-order valence-corrected chi connectivity index (χ1v) is 3.65. The van der Waals surface area contributed by atoms with Crippen LogP contribution in [0.5, 0.6) is 0 Å². The molecule has 68 valence electrons. The van der Waals surface area contributed by atoms with Crippen molar-refractivity contribution in [2.75, 3.05) is 0 Å². The van der Waals surface area contributed by atoms with Crippen LogP contribution in [0.4, 0.5) is 13.2 Å². The van der Waals surface area contributed by atoms with E-state index in [-0.39, 0.29) is 0 Å². The van der Waals surface area contributed by atoms with Crippen molar-refractivity contribution in [3.63, 3.8) is 0 Å². The van der Waals surface area contributed by atoms with Crippen LogP contribution in [-0.2, 0) is 12.6 Å². The second-order valence-electron chi connectivity index (χ2n) is 2.50. The van der Waals surface area contributed by atoms with Crippen molar-refractivity contribution < 1.29 is 13.2 Å². The Morgan fingerprint density at radius 3 is 2.58 bits per heavy atom. The normalized spacial score (nSPS) is 12.0. The predicted octanol–water partition coefficient (Wildman–Crippen LogP) is 2.38. The molecule has 0 fully saturated rings. The highest BCUT2D eigenvalue weighted by Gasteiger charge is 2.34. The highest BCUT2D eigenvalue weighted by molar-refractivity contribution is 5.03. The van der Waals surface area contributed by atoms with E-state index in [1.165, 1.54) is 6.20 Å². The van der Waals surface area contributed by atoms with Crippen LogP contribution < -0.4 is 0 Å². The zero-order chi connectivity index (χ0) is 9.19. The molecule has 0 bridgehead atoms. The lowest BCUT2D eigenvalue weighted by Gasteiger charge is -1.99. The molecule has 0 unspecified atom stereocenters. The number of hydrogen-bond acceptors (Lipinski definition) is 1. The maximum Gasteiger partial charge on any atom is 0.449 e. The minimum Gasteiger partial charge on any atom is -0.338 e. The largest absolute Gasteiger partial charge is 0.449 e. The second kappa shape index (κ2) is 3.16. The van der Waals surface area contributed by atoms with Crippen molar-refractivity contribution >= 4 is 0 Å². The van der Waals surface area contributed by atoms with Crippen LogP contribution in [0.1, 0.15) is 24.9 Å². The van der Waals surface area contributed by atoms with Crippen LogP contribution in [-0.4, -0.2) is 9.97 Å². The summed E-state index contributed by atoms with van der Waals surface area (Å²) in [5, 5.41) is 0. The van der Waals surface area contributed by atoms with Crippen molar-refractivity contribution in [2.45, 2.75) is 25.9 Å². The van der Waals surface area contributed by atoms with Crippen LogP contribution in [0.3, 0.4) is 0 Å². The summed E-state index contributed by atoms with van der Waals surface area (Å²) in [6.07, 6.45) is -1.72. The van der Waals surface area contributed by atoms with Gasteiger partial charge in [-0.2, -0.15) is 13.2 Å². The Morgan fingerprint density at radius 1 is 1.50 bits per heavy atom. The molecule has 1 rings (SSSR count). The fourth-order valence-corrected chi connectivity index (χ4v) is 0.900. The van der Waals surface area contributed by atoms with Gasteiger partial charge in [0.25, 0.3) is 0 Å². The number of rotatable bonds is 2. The molecule has 0 radical (unpaired) electrons. The molecule has 0 spiro atoms. The summed E-state index contributed by atoms with van der Waals surface area (Å²) in [6, 6.07) is 0. The molecule has 1 N–H and O–H groups in total. The summed E-state index contributed by atoms with van der Waals surface area (Å²) in [4.78, 5) is 5.44. The van der Waals surface area contributed by atoms with Gasteiger partial charge in [0.1, 0.15) is 0 Å². The Kier molecular flexibility index (Phi) is 2.40. The molecule has 0 aliphatic rings. The van der Waals surface area contributed by atoms with E-state index in [1.54, 1.807) is 0 Å². The van der Waals surface area contributed by atoms with Crippen molar-refractivity contribution in [1.29, 1.82) is 0 Å². The Labute approximate surface area is 67.8 Å². The van der Waals surface area contributed by atoms with Crippen molar-refractivity contribution in [1.82, 2.24) is 9.97 Å². The summed E-state index contributed by atoms with van der Waals surface area (Å²) >= 11 is 0. The van der Waals surface area contributed by atoms with Gasteiger partial charge < -0.3 is 4.98 Å². The molecule has 0 aliphatic heterocycles. The Morgan fingerprint density at radius 2 is 2.17 bits per heavy atom. The van der Waals surface area contributed by atoms with E-state index in [9.17, 15) is 13.2 Å². The van der Waals surface area contributed by atoms with Gasteiger partial charge in [0.2, 0.25) is 5.82 Å². The summed E-state index contributed by atoms with van der Waals surface area (Å²) in [6.45, 7) is 1.90. The van der Waals surface area contributed by atoms with Gasteiger partial charge >= 0.3 is 6.18 Å². The van der Waals surface area contributed by atoms with Gasteiger partial charge in [0.05, 0.1) is 0 Å². The second-order valence-corrected chi connectivity index (χ2v) is 2.50. The van der Waals surface area contributed by atoms with E-state index in [2.05, 4.69) is 9.97 Å². The molecule has 1 heterocycles. The number of nitrogens with one attached hydrogen (secondary N) is 1. The average Bonchev–Trinajstić information content (AvgIpc) is 2.35. The molecule has 12 heavy (non-hydrogen) atoms. The van der Waals surface area contributed by atoms with Gasteiger partial charge in [0.15, 0.2) is 0 Å². The molecule has 2 nitrogen and oxygen atoms in total. The van der Waals surface area contributed by atoms with Gasteiger partial charge in [-0.1, -0.05) is 13.3 Å². The van der Waals surface area contributed by atoms with Crippen LogP contribution in [0, 0.1) is 0 Å². The molecule has 1 aromatic rings. The van der Waals surface area contributed by atoms with Crippen molar-refractivity contribution in [3.05, 3.63) is 17.7 Å². The number of alkyl halides is 3. The number of imidazole rings is 1. The number of hydrogen-bond donors (Lipinski definition) is 1. The number of H-pyrrole nitrogens is 1. The van der Waals surface area contributed by atoms with E-state index < -0.39 is 12.0 Å². The van der Waals surface area contributed by atoms with Gasteiger partial charge in [0, 0.05) is 11.9 Å². The minimum atomic E-state index is -4.36. The number of nitrogens with zero attached hydrogens (tertiary/aromatic N) is 1. The zero-order valence-electron chi connectivity index (χ0n) is 6.57. The third-order valence-corrected chi connectivity index (χ3v) is 1.42. The SMILES string of the molecule is CCCc1cnc(C(F)(F)F)[nH]1. The summed E-state index contributed by atoms with van der Waals surface area (Å²) in [7, 11) is 0. The topological polar surface area (TPSA) is 28.7 Å². The molecule has 5 heteroatoms. The van der Waals surface area contributed by atoms with E-state index in [4.69, 9.17) is 0 Å². The standard InChI is InChI=1S/C7H9F3N2/c1-2-3-5-4-11-6(12-5)7(8,9)10/h4H,2-3H2,1H3,(H,11,12). The number of aryl methyl sites for hydroxylation is 1. The van der Waals surface area contributed by atoms with Gasteiger partial charge in [-0.15, -0.1) is 0 Å². The molecule has 1 aromatic heterocycles. The lowest BCUT2D eigenvalue weighted by Crippen LogP contribution is -2.07. The van der Waals surface area contributed by atoms with E-state index in [1.807, 2.05) is 6.92 Å². The van der Waals surface area contributed by atoms with Crippen LogP contribution in [0.25, 0.3) is 0 Å². The first-order chi connectivity index (χ1) is 5.54. The smallest absolute Gasteiger partial charge is 0.338 e. The highest BCUT2D eigenvalue weighted by atomic mass is 19.4. The average molecular weight is 178 g/mol.